The van der Waals surface area contributed by atoms with E-state index in [1.54, 1.807) is 12.1 Å². The maximum Gasteiger partial charge on any atom is 0.254 e. The van der Waals surface area contributed by atoms with Crippen molar-refractivity contribution >= 4 is 23.4 Å². The summed E-state index contributed by atoms with van der Waals surface area (Å²) in [6.07, 6.45) is 1.49. The number of hydrogen-bond donors (Lipinski definition) is 2. The normalized spacial score (nSPS) is 10.9. The first-order valence-corrected chi connectivity index (χ1v) is 5.87. The Kier molecular flexibility index (Phi) is 4.67. The van der Waals surface area contributed by atoms with E-state index in [9.17, 15) is 9.59 Å². The molecule has 0 fully saturated rings. The number of nitrogens with one attached hydrogen (secondary N) is 2. The van der Waals surface area contributed by atoms with Crippen molar-refractivity contribution in [3.63, 3.8) is 0 Å². The lowest BCUT2D eigenvalue weighted by Gasteiger charge is -2.20. The van der Waals surface area contributed by atoms with Crippen LogP contribution in [-0.2, 0) is 4.79 Å². The Morgan fingerprint density at radius 2 is 2.06 bits per heavy atom. The fourth-order valence-corrected chi connectivity index (χ4v) is 1.48. The third-order valence-corrected chi connectivity index (χ3v) is 2.23. The minimum Gasteiger partial charge on any atom is -0.350 e. The fraction of sp³-hybridized carbons (Fsp3) is 0.417. The van der Waals surface area contributed by atoms with E-state index in [1.165, 1.54) is 6.20 Å². The Morgan fingerprint density at radius 1 is 1.39 bits per heavy atom. The zero-order valence-electron chi connectivity index (χ0n) is 10.6. The van der Waals surface area contributed by atoms with Crippen LogP contribution >= 0.6 is 11.6 Å². The highest BCUT2D eigenvalue weighted by atomic mass is 35.5. The van der Waals surface area contributed by atoms with Crippen molar-refractivity contribution in [1.82, 2.24) is 15.6 Å². The summed E-state index contributed by atoms with van der Waals surface area (Å²) >= 11 is 5.77. The Morgan fingerprint density at radius 3 is 2.61 bits per heavy atom. The van der Waals surface area contributed by atoms with Crippen molar-refractivity contribution in [2.45, 2.75) is 26.3 Å². The maximum atomic E-state index is 11.7. The van der Waals surface area contributed by atoms with Crippen LogP contribution < -0.4 is 10.6 Å². The minimum atomic E-state index is -0.419. The van der Waals surface area contributed by atoms with Gasteiger partial charge in [0, 0.05) is 11.7 Å². The van der Waals surface area contributed by atoms with Gasteiger partial charge < -0.3 is 10.6 Å². The van der Waals surface area contributed by atoms with Gasteiger partial charge in [-0.15, -0.1) is 0 Å². The number of aromatic nitrogens is 1. The lowest BCUT2D eigenvalue weighted by atomic mass is 10.1. The van der Waals surface area contributed by atoms with E-state index in [2.05, 4.69) is 15.6 Å². The zero-order valence-corrected chi connectivity index (χ0v) is 11.3. The first kappa shape index (κ1) is 14.4. The molecule has 0 atom stereocenters. The molecule has 5 nitrogen and oxygen atoms in total. The van der Waals surface area contributed by atoms with E-state index >= 15 is 0 Å². The highest BCUT2D eigenvalue weighted by Crippen LogP contribution is 2.10. The topological polar surface area (TPSA) is 71.1 Å². The molecule has 0 radical (unpaired) electrons. The largest absolute Gasteiger partial charge is 0.350 e. The van der Waals surface area contributed by atoms with Crippen LogP contribution in [-0.4, -0.2) is 28.9 Å². The molecule has 0 unspecified atom stereocenters. The molecule has 1 aromatic heterocycles. The molecule has 0 aliphatic heterocycles. The van der Waals surface area contributed by atoms with E-state index in [4.69, 9.17) is 11.6 Å². The number of rotatable bonds is 3. The maximum absolute atomic E-state index is 11.7. The van der Waals surface area contributed by atoms with Gasteiger partial charge >= 0.3 is 0 Å². The molecule has 0 aromatic carbocycles. The van der Waals surface area contributed by atoms with Gasteiger partial charge in [0.25, 0.3) is 5.91 Å². The number of hydrogen-bond acceptors (Lipinski definition) is 3. The van der Waals surface area contributed by atoms with E-state index < -0.39 is 5.91 Å². The standard InChI is InChI=1S/C12H16ClN3O2/c1-12(2,3)16-9(17)7-15-11(18)8-5-4-6-14-10(8)13/h4-6H,7H2,1-3H3,(H,15,18)(H,16,17). The zero-order chi connectivity index (χ0) is 13.8. The molecule has 1 rings (SSSR count). The Bertz CT molecular complexity index is 455. The highest BCUT2D eigenvalue weighted by Gasteiger charge is 2.15. The SMILES string of the molecule is CC(C)(C)NC(=O)CNC(=O)c1cccnc1Cl. The Balaban J connectivity index is 2.52. The van der Waals surface area contributed by atoms with Crippen LogP contribution in [0.15, 0.2) is 18.3 Å². The Hall–Kier alpha value is -1.62. The van der Waals surface area contributed by atoms with E-state index in [0.29, 0.717) is 0 Å². The predicted octanol–water partition coefficient (Wildman–Crippen LogP) is 1.38. The van der Waals surface area contributed by atoms with Crippen LogP contribution in [0.4, 0.5) is 0 Å². The first-order chi connectivity index (χ1) is 8.29. The monoisotopic (exact) mass is 269 g/mol. The van der Waals surface area contributed by atoms with Crippen LogP contribution in [0.3, 0.4) is 0 Å². The lowest BCUT2D eigenvalue weighted by molar-refractivity contribution is -0.121. The summed E-state index contributed by atoms with van der Waals surface area (Å²) in [5.74, 6) is -0.673. The highest BCUT2D eigenvalue weighted by molar-refractivity contribution is 6.32. The van der Waals surface area contributed by atoms with E-state index in [-0.39, 0.29) is 28.7 Å². The molecule has 6 heteroatoms. The van der Waals surface area contributed by atoms with Crippen LogP contribution in [0.5, 0.6) is 0 Å². The molecular formula is C12H16ClN3O2. The summed E-state index contributed by atoms with van der Waals surface area (Å²) in [5, 5.41) is 5.34. The second kappa shape index (κ2) is 5.82. The molecule has 0 aliphatic carbocycles. The molecule has 98 valence electrons. The molecule has 2 amide bonds. The van der Waals surface area contributed by atoms with Gasteiger partial charge in [-0.1, -0.05) is 11.6 Å². The molecule has 1 aromatic rings. The van der Waals surface area contributed by atoms with Gasteiger partial charge in [0.15, 0.2) is 0 Å². The van der Waals surface area contributed by atoms with Crippen molar-refractivity contribution in [2.75, 3.05) is 6.54 Å². The van der Waals surface area contributed by atoms with Gasteiger partial charge in [-0.05, 0) is 32.9 Å². The molecular weight excluding hydrogens is 254 g/mol. The predicted molar refractivity (Wildman–Crippen MR) is 69.5 cm³/mol. The summed E-state index contributed by atoms with van der Waals surface area (Å²) in [6, 6.07) is 3.16. The molecule has 2 N–H and O–H groups in total. The van der Waals surface area contributed by atoms with Crippen LogP contribution in [0.25, 0.3) is 0 Å². The second-order valence-electron chi connectivity index (χ2n) is 4.82. The van der Waals surface area contributed by atoms with Crippen molar-refractivity contribution in [1.29, 1.82) is 0 Å². The average molecular weight is 270 g/mol. The van der Waals surface area contributed by atoms with Crippen LogP contribution in [0.2, 0.25) is 5.15 Å². The molecule has 1 heterocycles. The quantitative estimate of drug-likeness (QED) is 0.815. The van der Waals surface area contributed by atoms with Crippen molar-refractivity contribution < 1.29 is 9.59 Å². The molecule has 0 spiro atoms. The van der Waals surface area contributed by atoms with Gasteiger partial charge in [-0.25, -0.2) is 4.98 Å². The van der Waals surface area contributed by atoms with Gasteiger partial charge in [-0.2, -0.15) is 0 Å². The van der Waals surface area contributed by atoms with E-state index in [1.807, 2.05) is 20.8 Å². The first-order valence-electron chi connectivity index (χ1n) is 5.49. The van der Waals surface area contributed by atoms with Crippen molar-refractivity contribution in [3.8, 4) is 0 Å². The van der Waals surface area contributed by atoms with Gasteiger partial charge in [0.05, 0.1) is 12.1 Å². The molecule has 0 saturated heterocycles. The Labute approximate surface area is 111 Å². The summed E-state index contributed by atoms with van der Waals surface area (Å²) in [5.41, 5.74) is -0.0731. The fourth-order valence-electron chi connectivity index (χ4n) is 1.27. The smallest absolute Gasteiger partial charge is 0.254 e. The average Bonchev–Trinajstić information content (AvgIpc) is 2.24. The summed E-state index contributed by atoms with van der Waals surface area (Å²) in [4.78, 5) is 27.0. The van der Waals surface area contributed by atoms with Crippen molar-refractivity contribution in [3.05, 3.63) is 29.0 Å². The lowest BCUT2D eigenvalue weighted by Crippen LogP contribution is -2.45. The number of nitrogens with zero attached hydrogens (tertiary/aromatic N) is 1. The number of carbonyl (C=O) groups is 2. The summed E-state index contributed by atoms with van der Waals surface area (Å²) in [6.45, 7) is 5.50. The van der Waals surface area contributed by atoms with E-state index in [0.717, 1.165) is 0 Å². The number of carbonyl (C=O) groups excluding carboxylic acids is 2. The third kappa shape index (κ3) is 4.71. The van der Waals surface area contributed by atoms with Crippen LogP contribution in [0.1, 0.15) is 31.1 Å². The number of halogens is 1. The van der Waals surface area contributed by atoms with Gasteiger partial charge in [0.2, 0.25) is 5.91 Å². The van der Waals surface area contributed by atoms with Crippen LogP contribution in [0, 0.1) is 0 Å². The van der Waals surface area contributed by atoms with Crippen molar-refractivity contribution in [2.24, 2.45) is 0 Å². The summed E-state index contributed by atoms with van der Waals surface area (Å²) in [7, 11) is 0. The minimum absolute atomic E-state index is 0.0959. The van der Waals surface area contributed by atoms with Gasteiger partial charge in [0.1, 0.15) is 5.15 Å². The second-order valence-corrected chi connectivity index (χ2v) is 5.18. The molecule has 0 aliphatic rings. The van der Waals surface area contributed by atoms with Gasteiger partial charge in [-0.3, -0.25) is 9.59 Å². The molecule has 0 bridgehead atoms. The number of pyridine rings is 1. The molecule has 18 heavy (non-hydrogen) atoms. The molecule has 0 saturated carbocycles. The summed E-state index contributed by atoms with van der Waals surface area (Å²) < 4.78 is 0. The third-order valence-electron chi connectivity index (χ3n) is 1.93. The number of amides is 2.